The Balaban J connectivity index is 1.46. The van der Waals surface area contributed by atoms with Crippen molar-refractivity contribution in [2.24, 2.45) is 5.92 Å². The van der Waals surface area contributed by atoms with Gasteiger partial charge in [0.2, 0.25) is 5.91 Å². The summed E-state index contributed by atoms with van der Waals surface area (Å²) in [5.41, 5.74) is 0.386. The number of rotatable bonds is 11. The summed E-state index contributed by atoms with van der Waals surface area (Å²) in [6, 6.07) is 16.7. The van der Waals surface area contributed by atoms with E-state index in [1.807, 2.05) is 26.8 Å². The van der Waals surface area contributed by atoms with Crippen LogP contribution >= 0.6 is 0 Å². The second-order valence-electron chi connectivity index (χ2n) is 13.5. The Bertz CT molecular complexity index is 1810. The van der Waals surface area contributed by atoms with Crippen LogP contribution < -0.4 is 15.4 Å². The number of aliphatic hydroxyl groups is 1. The number of nitrogens with zero attached hydrogens (tertiary/aromatic N) is 3. The summed E-state index contributed by atoms with van der Waals surface area (Å²) >= 11 is 0. The third-order valence-corrected chi connectivity index (χ3v) is 10.5. The summed E-state index contributed by atoms with van der Waals surface area (Å²) in [6.07, 6.45) is 2.29. The van der Waals surface area contributed by atoms with E-state index < -0.39 is 56.1 Å². The normalized spacial score (nSPS) is 19.4. The largest absolute Gasteiger partial charge is 0.391 e. The number of β-amino-alcohol motifs (C(OH)–C–C–N with tert-alkyl or cyclic N) is 1. The molecule has 258 valence electrons. The van der Waals surface area contributed by atoms with Gasteiger partial charge in [-0.05, 0) is 87.1 Å². The molecule has 1 saturated heterocycles. The lowest BCUT2D eigenvalue weighted by Crippen LogP contribution is -2.49. The minimum atomic E-state index is -1.60. The first-order chi connectivity index (χ1) is 23.2. The fourth-order valence-corrected chi connectivity index (χ4v) is 6.83. The summed E-state index contributed by atoms with van der Waals surface area (Å²) in [5, 5.41) is 36.3. The van der Waals surface area contributed by atoms with Crippen LogP contribution in [0.1, 0.15) is 69.6 Å². The number of anilines is 2. The van der Waals surface area contributed by atoms with Crippen LogP contribution in [0.25, 0.3) is 0 Å². The Morgan fingerprint density at radius 3 is 2.41 bits per heavy atom. The number of non-ortho nitro benzene ring substituents is 1. The van der Waals surface area contributed by atoms with Crippen LogP contribution in [0.4, 0.5) is 26.2 Å². The maximum absolute atomic E-state index is 15.5. The van der Waals surface area contributed by atoms with Crippen molar-refractivity contribution in [3.8, 4) is 6.07 Å². The molecular weight excluding hydrogens is 651 g/mol. The number of aliphatic hydroxyl groups excluding tert-OH is 1. The van der Waals surface area contributed by atoms with E-state index in [1.54, 1.807) is 24.3 Å². The lowest BCUT2D eigenvalue weighted by molar-refractivity contribution is -0.384. The first kappa shape index (κ1) is 35.6. The molecule has 1 aliphatic carbocycles. The Morgan fingerprint density at radius 1 is 1.08 bits per heavy atom. The van der Waals surface area contributed by atoms with Crippen LogP contribution in [0, 0.1) is 33.2 Å². The fraction of sp³-hybridized carbons (Fsp3) is 0.400. The minimum Gasteiger partial charge on any atom is -0.391 e. The molecule has 1 saturated carbocycles. The van der Waals surface area contributed by atoms with Crippen LogP contribution in [0.2, 0.25) is 0 Å². The highest BCUT2D eigenvalue weighted by molar-refractivity contribution is 7.84. The second kappa shape index (κ2) is 14.4. The number of amides is 3. The lowest BCUT2D eigenvalue weighted by atomic mass is 9.79. The molecule has 3 unspecified atom stereocenters. The molecule has 4 atom stereocenters. The van der Waals surface area contributed by atoms with E-state index in [2.05, 4.69) is 21.4 Å². The van der Waals surface area contributed by atoms with Crippen molar-refractivity contribution in [1.29, 1.82) is 5.26 Å². The summed E-state index contributed by atoms with van der Waals surface area (Å²) in [5.74, 6) is -0.982. The molecule has 4 N–H and O–H groups in total. The topological polar surface area (TPSA) is 178 Å². The number of nitrogens with one attached hydrogen (secondary N) is 3. The van der Waals surface area contributed by atoms with Gasteiger partial charge >= 0.3 is 6.03 Å². The lowest BCUT2D eigenvalue weighted by Gasteiger charge is -2.38. The summed E-state index contributed by atoms with van der Waals surface area (Å²) in [6.45, 7) is 5.34. The summed E-state index contributed by atoms with van der Waals surface area (Å²) in [4.78, 5) is 38.4. The number of hydrogen-bond acceptors (Lipinski definition) is 7. The number of halogens is 1. The van der Waals surface area contributed by atoms with E-state index in [4.69, 9.17) is 0 Å². The van der Waals surface area contributed by atoms with Crippen molar-refractivity contribution >= 4 is 40.0 Å². The molecule has 3 aromatic carbocycles. The van der Waals surface area contributed by atoms with Crippen LogP contribution in [0.3, 0.4) is 0 Å². The zero-order valence-corrected chi connectivity index (χ0v) is 28.3. The predicted octanol–water partition coefficient (Wildman–Crippen LogP) is 5.70. The number of nitriles is 1. The van der Waals surface area contributed by atoms with Crippen molar-refractivity contribution in [3.05, 3.63) is 99.4 Å². The number of nitro benzene ring substituents is 1. The molecule has 14 heteroatoms. The first-order valence-corrected chi connectivity index (χ1v) is 17.2. The number of carbonyl (C=O) groups excluding carboxylic acids is 2. The van der Waals surface area contributed by atoms with Gasteiger partial charge < -0.3 is 20.6 Å². The molecule has 49 heavy (non-hydrogen) atoms. The van der Waals surface area contributed by atoms with Crippen molar-refractivity contribution in [2.75, 3.05) is 17.2 Å². The van der Waals surface area contributed by atoms with E-state index in [0.29, 0.717) is 29.0 Å². The smallest absolute Gasteiger partial charge is 0.322 e. The first-order valence-electron chi connectivity index (χ1n) is 16.0. The van der Waals surface area contributed by atoms with Crippen LogP contribution in [0.15, 0.2) is 66.7 Å². The van der Waals surface area contributed by atoms with E-state index in [0.717, 1.165) is 24.2 Å². The third-order valence-electron chi connectivity index (χ3n) is 8.82. The Morgan fingerprint density at radius 2 is 1.78 bits per heavy atom. The Kier molecular flexibility index (Phi) is 10.5. The standard InChI is InChI=1S/C35H39FN6O6S/c1-34(2,3)49(48)40-35(16-15-22-7-8-22,24-6-4-5-23(17-24)20-37)25-9-14-29(36)30(18-25)39-32(44)31-19-28(43)21-41(31)33(45)38-26-10-12-27(13-11-26)42(46)47/h4-6,9-14,17-18,22,28,31,40,43H,7-8,15-16,19,21H2,1-3H3,(H,38,45)(H,39,44)/t28?,31?,35?,49-/m1/s1. The molecule has 1 aliphatic heterocycles. The molecule has 0 aromatic heterocycles. The molecule has 3 amide bonds. The number of benzene rings is 3. The number of urea groups is 1. The number of hydrogen-bond donors (Lipinski definition) is 4. The molecule has 2 fully saturated rings. The average molecular weight is 691 g/mol. The molecule has 2 aliphatic rings. The van der Waals surface area contributed by atoms with Crippen LogP contribution in [0.5, 0.6) is 0 Å². The Labute approximate surface area is 286 Å². The van der Waals surface area contributed by atoms with Gasteiger partial charge in [0.15, 0.2) is 0 Å². The fourth-order valence-electron chi connectivity index (χ4n) is 5.87. The SMILES string of the molecule is CC(C)(C)[S@@](=O)NC(CCC1CC1)(c1cccc(C#N)c1)c1ccc(F)c(NC(=O)C2CC(O)CN2C(=O)Nc2ccc([N+](=O)[O-])cc2)c1. The van der Waals surface area contributed by atoms with E-state index in [-0.39, 0.29) is 30.0 Å². The van der Waals surface area contributed by atoms with Crippen LogP contribution in [-0.4, -0.2) is 54.5 Å². The zero-order valence-electron chi connectivity index (χ0n) is 27.4. The summed E-state index contributed by atoms with van der Waals surface area (Å²) < 4.78 is 31.9. The van der Waals surface area contributed by atoms with E-state index in [9.17, 15) is 34.3 Å². The molecule has 1 heterocycles. The quantitative estimate of drug-likeness (QED) is 0.147. The molecule has 0 bridgehead atoms. The second-order valence-corrected chi connectivity index (χ2v) is 15.5. The molecular formula is C35H39FN6O6S. The number of likely N-dealkylation sites (tertiary alicyclic amines) is 1. The van der Waals surface area contributed by atoms with Gasteiger partial charge in [-0.2, -0.15) is 5.26 Å². The maximum atomic E-state index is 15.5. The third kappa shape index (κ3) is 8.30. The van der Waals surface area contributed by atoms with Gasteiger partial charge in [0.05, 0.1) is 49.6 Å². The summed E-state index contributed by atoms with van der Waals surface area (Å²) in [7, 11) is -1.60. The van der Waals surface area contributed by atoms with Crippen molar-refractivity contribution in [3.63, 3.8) is 0 Å². The van der Waals surface area contributed by atoms with Gasteiger partial charge in [-0.15, -0.1) is 0 Å². The van der Waals surface area contributed by atoms with Gasteiger partial charge in [0.25, 0.3) is 5.69 Å². The van der Waals surface area contributed by atoms with Gasteiger partial charge in [-0.25, -0.2) is 18.1 Å². The van der Waals surface area contributed by atoms with Gasteiger partial charge in [0.1, 0.15) is 11.9 Å². The molecule has 0 radical (unpaired) electrons. The molecule has 0 spiro atoms. The molecule has 12 nitrogen and oxygen atoms in total. The van der Waals surface area contributed by atoms with Crippen molar-refractivity contribution in [1.82, 2.24) is 9.62 Å². The highest BCUT2D eigenvalue weighted by Crippen LogP contribution is 2.43. The monoisotopic (exact) mass is 690 g/mol. The molecule has 5 rings (SSSR count). The van der Waals surface area contributed by atoms with Crippen molar-refractivity contribution in [2.45, 2.75) is 75.3 Å². The predicted molar refractivity (Wildman–Crippen MR) is 183 cm³/mol. The van der Waals surface area contributed by atoms with Gasteiger partial charge in [-0.1, -0.05) is 31.0 Å². The average Bonchev–Trinajstić information content (AvgIpc) is 3.82. The van der Waals surface area contributed by atoms with Crippen LogP contribution in [-0.2, 0) is 21.3 Å². The zero-order chi connectivity index (χ0) is 35.5. The minimum absolute atomic E-state index is 0.0980. The maximum Gasteiger partial charge on any atom is 0.322 e. The van der Waals surface area contributed by atoms with E-state index in [1.165, 1.54) is 36.4 Å². The van der Waals surface area contributed by atoms with E-state index >= 15 is 4.39 Å². The number of carbonyl (C=O) groups is 2. The Hall–Kier alpha value is -4.71. The highest BCUT2D eigenvalue weighted by Gasteiger charge is 2.42. The number of nitro groups is 1. The molecule has 3 aromatic rings. The van der Waals surface area contributed by atoms with Gasteiger partial charge in [-0.3, -0.25) is 14.9 Å². The highest BCUT2D eigenvalue weighted by atomic mass is 32.2. The van der Waals surface area contributed by atoms with Gasteiger partial charge in [0, 0.05) is 30.8 Å². The van der Waals surface area contributed by atoms with Crippen molar-refractivity contribution < 1.29 is 28.2 Å².